The Hall–Kier alpha value is -0.610. The van der Waals surface area contributed by atoms with E-state index in [-0.39, 0.29) is 19.1 Å². The van der Waals surface area contributed by atoms with Crippen molar-refractivity contribution in [2.45, 2.75) is 110 Å². The topological polar surface area (TPSA) is 66.8 Å². The van der Waals surface area contributed by atoms with Gasteiger partial charge in [0.05, 0.1) is 12.7 Å². The number of aliphatic hydroxyl groups excluding tert-OH is 1. The molecule has 0 spiro atoms. The fourth-order valence-electron chi connectivity index (χ4n) is 2.28. The van der Waals surface area contributed by atoms with E-state index in [0.717, 1.165) is 13.0 Å². The van der Waals surface area contributed by atoms with Crippen molar-refractivity contribution >= 4 is 5.97 Å². The number of carbonyl (C=O) groups is 1. The minimum Gasteiger partial charge on any atom is -0.481 e. The molecule has 0 amide bonds. The van der Waals surface area contributed by atoms with Crippen molar-refractivity contribution in [1.82, 2.24) is 0 Å². The van der Waals surface area contributed by atoms with Crippen LogP contribution in [0.3, 0.4) is 0 Å². The lowest BCUT2D eigenvalue weighted by Crippen LogP contribution is -2.13. The lowest BCUT2D eigenvalue weighted by molar-refractivity contribution is -0.136. The van der Waals surface area contributed by atoms with Gasteiger partial charge in [-0.05, 0) is 13.3 Å². The largest absolute Gasteiger partial charge is 0.481 e. The van der Waals surface area contributed by atoms with Crippen molar-refractivity contribution in [2.75, 3.05) is 13.2 Å². The third-order valence-corrected chi connectivity index (χ3v) is 3.96. The van der Waals surface area contributed by atoms with E-state index in [2.05, 4.69) is 6.92 Å². The van der Waals surface area contributed by atoms with Gasteiger partial charge < -0.3 is 14.9 Å². The minimum absolute atomic E-state index is 0.00714. The van der Waals surface area contributed by atoms with Gasteiger partial charge in [0.2, 0.25) is 0 Å². The molecule has 0 aromatic rings. The number of aliphatic carboxylic acids is 1. The van der Waals surface area contributed by atoms with Crippen LogP contribution in [0.15, 0.2) is 0 Å². The van der Waals surface area contributed by atoms with Gasteiger partial charge in [0.25, 0.3) is 0 Å². The second-order valence-corrected chi connectivity index (χ2v) is 6.50. The summed E-state index contributed by atoms with van der Waals surface area (Å²) in [6, 6.07) is 0. The third-order valence-electron chi connectivity index (χ3n) is 3.96. The van der Waals surface area contributed by atoms with Gasteiger partial charge in [-0.1, -0.05) is 84.5 Å². The Bertz CT molecular complexity index is 244. The molecule has 24 heavy (non-hydrogen) atoms. The summed E-state index contributed by atoms with van der Waals surface area (Å²) in [5, 5.41) is 16.5. The molecule has 4 heteroatoms. The highest BCUT2D eigenvalue weighted by Crippen LogP contribution is 2.11. The molecular weight excluding hydrogens is 304 g/mol. The second-order valence-electron chi connectivity index (χ2n) is 6.50. The number of carboxylic acid groups (broad SMARTS) is 1. The fraction of sp³-hybridized carbons (Fsp3) is 0.950. The Morgan fingerprint density at radius 1 is 0.833 bits per heavy atom. The normalized spacial score (nSPS) is 11.7. The molecule has 0 aliphatic rings. The number of ether oxygens (including phenoxy) is 1. The average Bonchev–Trinajstić information content (AvgIpc) is 2.59. The third kappa shape index (κ3) is 26.3. The molecular formula is C20H42O4. The van der Waals surface area contributed by atoms with E-state index in [4.69, 9.17) is 14.9 Å². The highest BCUT2D eigenvalue weighted by atomic mass is 16.5. The molecule has 0 aromatic heterocycles. The van der Waals surface area contributed by atoms with Crippen molar-refractivity contribution < 1.29 is 19.7 Å². The summed E-state index contributed by atoms with van der Waals surface area (Å²) >= 11 is 0. The molecule has 1 atom stereocenters. The maximum Gasteiger partial charge on any atom is 0.303 e. The van der Waals surface area contributed by atoms with Crippen LogP contribution in [0.4, 0.5) is 0 Å². The molecule has 0 saturated heterocycles. The SMILES string of the molecule is CCC(=O)O.CCCCCCCCCCCCCCOC(C)CO. The Kier molecular flexibility index (Phi) is 23.9. The summed E-state index contributed by atoms with van der Waals surface area (Å²) in [5.74, 6) is -0.745. The molecule has 0 aromatic carbocycles. The quantitative estimate of drug-likeness (QED) is 0.359. The molecule has 0 aliphatic heterocycles. The zero-order valence-corrected chi connectivity index (χ0v) is 16.4. The summed E-state index contributed by atoms with van der Waals surface area (Å²) in [6.45, 7) is 6.73. The fourth-order valence-corrected chi connectivity index (χ4v) is 2.28. The number of unbranched alkanes of at least 4 members (excludes halogenated alkanes) is 11. The van der Waals surface area contributed by atoms with Crippen LogP contribution in [0.5, 0.6) is 0 Å². The molecule has 0 saturated carbocycles. The Labute approximate surface area is 150 Å². The first-order valence-electron chi connectivity index (χ1n) is 10.0. The van der Waals surface area contributed by atoms with Crippen LogP contribution < -0.4 is 0 Å². The van der Waals surface area contributed by atoms with Crippen LogP contribution in [-0.4, -0.2) is 35.5 Å². The van der Waals surface area contributed by atoms with Crippen LogP contribution in [0.2, 0.25) is 0 Å². The predicted octanol–water partition coefficient (Wildman–Crippen LogP) is 5.57. The lowest BCUT2D eigenvalue weighted by Gasteiger charge is -2.09. The molecule has 4 nitrogen and oxygen atoms in total. The Balaban J connectivity index is 0. The second kappa shape index (κ2) is 22.4. The van der Waals surface area contributed by atoms with E-state index < -0.39 is 5.97 Å². The molecule has 0 aliphatic carbocycles. The Morgan fingerprint density at radius 3 is 1.54 bits per heavy atom. The number of aliphatic hydroxyl groups is 1. The van der Waals surface area contributed by atoms with Crippen molar-refractivity contribution in [3.63, 3.8) is 0 Å². The van der Waals surface area contributed by atoms with Crippen LogP contribution in [-0.2, 0) is 9.53 Å². The molecule has 0 radical (unpaired) electrons. The minimum atomic E-state index is -0.745. The van der Waals surface area contributed by atoms with E-state index in [1.807, 2.05) is 6.92 Å². The standard InChI is InChI=1S/C17H36O2.C3H6O2/c1-3-4-5-6-7-8-9-10-11-12-13-14-15-19-17(2)16-18;1-2-3(4)5/h17-18H,3-16H2,1-2H3;2H2,1H3,(H,4,5). The van der Waals surface area contributed by atoms with Crippen LogP contribution in [0.1, 0.15) is 104 Å². The van der Waals surface area contributed by atoms with Gasteiger partial charge in [0, 0.05) is 13.0 Å². The van der Waals surface area contributed by atoms with Gasteiger partial charge in [-0.15, -0.1) is 0 Å². The van der Waals surface area contributed by atoms with Crippen LogP contribution in [0, 0.1) is 0 Å². The monoisotopic (exact) mass is 346 g/mol. The summed E-state index contributed by atoms with van der Waals surface area (Å²) in [4.78, 5) is 9.37. The summed E-state index contributed by atoms with van der Waals surface area (Å²) in [5.41, 5.74) is 0. The number of hydrogen-bond donors (Lipinski definition) is 2. The molecule has 0 bridgehead atoms. The highest BCUT2D eigenvalue weighted by Gasteiger charge is 1.98. The van der Waals surface area contributed by atoms with Crippen molar-refractivity contribution in [2.24, 2.45) is 0 Å². The molecule has 146 valence electrons. The zero-order chi connectivity index (χ0) is 18.5. The van der Waals surface area contributed by atoms with Crippen molar-refractivity contribution in [3.8, 4) is 0 Å². The lowest BCUT2D eigenvalue weighted by atomic mass is 10.1. The average molecular weight is 347 g/mol. The summed E-state index contributed by atoms with van der Waals surface area (Å²) < 4.78 is 5.43. The first-order valence-corrected chi connectivity index (χ1v) is 10.0. The predicted molar refractivity (Wildman–Crippen MR) is 102 cm³/mol. The van der Waals surface area contributed by atoms with Gasteiger partial charge in [0.15, 0.2) is 0 Å². The molecule has 2 N–H and O–H groups in total. The maximum atomic E-state index is 9.37. The van der Waals surface area contributed by atoms with Crippen LogP contribution in [0.25, 0.3) is 0 Å². The molecule has 0 rings (SSSR count). The number of carboxylic acids is 1. The van der Waals surface area contributed by atoms with Gasteiger partial charge in [0.1, 0.15) is 0 Å². The number of rotatable bonds is 16. The molecule has 0 heterocycles. The van der Waals surface area contributed by atoms with Crippen molar-refractivity contribution in [1.29, 1.82) is 0 Å². The first kappa shape index (κ1) is 25.6. The Morgan fingerprint density at radius 2 is 1.21 bits per heavy atom. The van der Waals surface area contributed by atoms with E-state index in [9.17, 15) is 4.79 Å². The van der Waals surface area contributed by atoms with Gasteiger partial charge in [-0.3, -0.25) is 4.79 Å². The van der Waals surface area contributed by atoms with Gasteiger partial charge in [-0.2, -0.15) is 0 Å². The van der Waals surface area contributed by atoms with Crippen LogP contribution >= 0.6 is 0 Å². The summed E-state index contributed by atoms with van der Waals surface area (Å²) in [7, 11) is 0. The summed E-state index contributed by atoms with van der Waals surface area (Å²) in [6.07, 6.45) is 16.7. The van der Waals surface area contributed by atoms with E-state index >= 15 is 0 Å². The van der Waals surface area contributed by atoms with Gasteiger partial charge in [-0.25, -0.2) is 0 Å². The maximum absolute atomic E-state index is 9.37. The van der Waals surface area contributed by atoms with Gasteiger partial charge >= 0.3 is 5.97 Å². The van der Waals surface area contributed by atoms with E-state index in [1.165, 1.54) is 70.6 Å². The number of hydrogen-bond acceptors (Lipinski definition) is 3. The smallest absolute Gasteiger partial charge is 0.303 e. The zero-order valence-electron chi connectivity index (χ0n) is 16.4. The van der Waals surface area contributed by atoms with Crippen molar-refractivity contribution in [3.05, 3.63) is 0 Å². The molecule has 1 unspecified atom stereocenters. The first-order chi connectivity index (χ1) is 11.6. The molecule has 0 fully saturated rings. The highest BCUT2D eigenvalue weighted by molar-refractivity contribution is 5.66. The van der Waals surface area contributed by atoms with E-state index in [1.54, 1.807) is 6.92 Å². The van der Waals surface area contributed by atoms with E-state index in [0.29, 0.717) is 0 Å².